The van der Waals surface area contributed by atoms with Gasteiger partial charge in [0.1, 0.15) is 0 Å². The van der Waals surface area contributed by atoms with Crippen LogP contribution in [0.1, 0.15) is 19.3 Å². The van der Waals surface area contributed by atoms with E-state index >= 15 is 0 Å². The third-order valence-electron chi connectivity index (χ3n) is 3.30. The molecule has 0 amide bonds. The van der Waals surface area contributed by atoms with E-state index in [0.29, 0.717) is 5.92 Å². The fraction of sp³-hybridized carbons (Fsp3) is 1.00. The number of rotatable bonds is 1. The molecule has 3 fully saturated rings. The van der Waals surface area contributed by atoms with E-state index in [1.165, 1.54) is 12.8 Å². The van der Waals surface area contributed by atoms with Crippen LogP contribution in [-0.2, 0) is 14.2 Å². The largest absolute Gasteiger partial charge is 0.328 e. The van der Waals surface area contributed by atoms with Gasteiger partial charge in [-0.1, -0.05) is 0 Å². The van der Waals surface area contributed by atoms with Gasteiger partial charge in [-0.05, 0) is 19.3 Å². The number of ether oxygens (including phenoxy) is 3. The molecule has 0 aromatic heterocycles. The van der Waals surface area contributed by atoms with E-state index in [9.17, 15) is 0 Å². The Hall–Kier alpha value is -0.120. The fourth-order valence-corrected chi connectivity index (χ4v) is 2.65. The lowest BCUT2D eigenvalue weighted by molar-refractivity contribution is -0.207. The molecule has 1 aliphatic carbocycles. The molecule has 0 aromatic rings. The summed E-state index contributed by atoms with van der Waals surface area (Å²) in [4.78, 5) is 0. The van der Waals surface area contributed by atoms with Gasteiger partial charge in [0, 0.05) is 13.0 Å². The zero-order chi connectivity index (χ0) is 7.53. The summed E-state index contributed by atoms with van der Waals surface area (Å²) in [5.74, 6) is -0.0174. The molecule has 11 heavy (non-hydrogen) atoms. The van der Waals surface area contributed by atoms with Crippen molar-refractivity contribution in [3.63, 3.8) is 0 Å². The van der Waals surface area contributed by atoms with Crippen molar-refractivity contribution in [1.82, 2.24) is 0 Å². The number of hydrogen-bond acceptors (Lipinski definition) is 3. The van der Waals surface area contributed by atoms with Crippen LogP contribution in [0.2, 0.25) is 0 Å². The molecule has 1 saturated carbocycles. The molecule has 1 spiro atoms. The van der Waals surface area contributed by atoms with Crippen molar-refractivity contribution in [1.29, 1.82) is 0 Å². The summed E-state index contributed by atoms with van der Waals surface area (Å²) in [5.41, 5.74) is -0.0260. The van der Waals surface area contributed by atoms with Crippen molar-refractivity contribution in [3.05, 3.63) is 0 Å². The first-order chi connectivity index (χ1) is 5.33. The van der Waals surface area contributed by atoms with Gasteiger partial charge in [0.05, 0.1) is 6.61 Å². The lowest BCUT2D eigenvalue weighted by Gasteiger charge is -2.06. The third kappa shape index (κ3) is 0.504. The summed E-state index contributed by atoms with van der Waals surface area (Å²) in [6.45, 7) is 0.827. The number of methoxy groups -OCH3 is 1. The minimum absolute atomic E-state index is 0.0260. The molecule has 2 heterocycles. The smallest absolute Gasteiger partial charge is 0.315 e. The van der Waals surface area contributed by atoms with E-state index in [1.54, 1.807) is 7.11 Å². The highest BCUT2D eigenvalue weighted by atomic mass is 17.0. The normalized spacial score (nSPS) is 59.2. The first-order valence-corrected chi connectivity index (χ1v) is 4.22. The highest BCUT2D eigenvalue weighted by Gasteiger charge is 2.81. The summed E-state index contributed by atoms with van der Waals surface area (Å²) in [6.07, 6.45) is 3.62. The van der Waals surface area contributed by atoms with Crippen LogP contribution in [0.5, 0.6) is 0 Å². The lowest BCUT2D eigenvalue weighted by atomic mass is 9.98. The summed E-state index contributed by atoms with van der Waals surface area (Å²) in [5, 5.41) is 0. The molecule has 3 rings (SSSR count). The first-order valence-electron chi connectivity index (χ1n) is 4.22. The molecule has 0 aromatic carbocycles. The van der Waals surface area contributed by atoms with Crippen molar-refractivity contribution in [3.8, 4) is 0 Å². The lowest BCUT2D eigenvalue weighted by Crippen LogP contribution is -2.23. The molecular weight excluding hydrogens is 144 g/mol. The van der Waals surface area contributed by atoms with Crippen LogP contribution >= 0.6 is 0 Å². The Balaban J connectivity index is 1.96. The Kier molecular flexibility index (Phi) is 0.947. The van der Waals surface area contributed by atoms with Crippen molar-refractivity contribution in [2.45, 2.75) is 30.8 Å². The van der Waals surface area contributed by atoms with Crippen LogP contribution in [0.4, 0.5) is 0 Å². The molecule has 0 radical (unpaired) electrons. The van der Waals surface area contributed by atoms with Gasteiger partial charge in [0.25, 0.3) is 0 Å². The van der Waals surface area contributed by atoms with Crippen LogP contribution in [0.25, 0.3) is 0 Å². The van der Waals surface area contributed by atoms with E-state index in [-0.39, 0.29) is 5.60 Å². The number of hydrogen-bond donors (Lipinski definition) is 0. The standard InChI is InChI=1S/C8H12O3/c1-9-8-7(11-8)4-2-3-6(7)5-10-8/h6H,2-5H2,1H3/t6-,7+,8-/m1/s1. The molecule has 0 N–H and O–H groups in total. The quantitative estimate of drug-likeness (QED) is 0.528. The Morgan fingerprint density at radius 3 is 3.18 bits per heavy atom. The summed E-state index contributed by atoms with van der Waals surface area (Å²) >= 11 is 0. The summed E-state index contributed by atoms with van der Waals surface area (Å²) < 4.78 is 16.3. The van der Waals surface area contributed by atoms with Gasteiger partial charge in [-0.15, -0.1) is 0 Å². The van der Waals surface area contributed by atoms with Crippen LogP contribution < -0.4 is 0 Å². The molecular formula is C8H12O3. The molecule has 62 valence electrons. The molecule has 3 nitrogen and oxygen atoms in total. The van der Waals surface area contributed by atoms with Gasteiger partial charge < -0.3 is 14.2 Å². The van der Waals surface area contributed by atoms with Crippen LogP contribution in [0.3, 0.4) is 0 Å². The molecule has 3 aliphatic rings. The van der Waals surface area contributed by atoms with Gasteiger partial charge in [-0.3, -0.25) is 0 Å². The zero-order valence-electron chi connectivity index (χ0n) is 6.63. The molecule has 0 bridgehead atoms. The van der Waals surface area contributed by atoms with Crippen molar-refractivity contribution < 1.29 is 14.2 Å². The molecule has 3 atom stereocenters. The van der Waals surface area contributed by atoms with Gasteiger partial charge in [0.15, 0.2) is 5.60 Å². The predicted molar refractivity (Wildman–Crippen MR) is 36.8 cm³/mol. The monoisotopic (exact) mass is 156 g/mol. The fourth-order valence-electron chi connectivity index (χ4n) is 2.65. The van der Waals surface area contributed by atoms with Crippen molar-refractivity contribution in [2.24, 2.45) is 5.92 Å². The average Bonchev–Trinajstić information content (AvgIpc) is 2.39. The van der Waals surface area contributed by atoms with Crippen LogP contribution in [-0.4, -0.2) is 25.3 Å². The zero-order valence-corrected chi connectivity index (χ0v) is 6.63. The maximum absolute atomic E-state index is 5.56. The Morgan fingerprint density at radius 1 is 1.55 bits per heavy atom. The molecule has 0 unspecified atom stereocenters. The maximum Gasteiger partial charge on any atom is 0.315 e. The molecule has 2 saturated heterocycles. The van der Waals surface area contributed by atoms with Gasteiger partial charge >= 0.3 is 5.97 Å². The second kappa shape index (κ2) is 1.63. The van der Waals surface area contributed by atoms with Gasteiger partial charge in [-0.25, -0.2) is 0 Å². The topological polar surface area (TPSA) is 31.0 Å². The SMILES string of the molecule is CO[C@@]12OC[C@H]3CCC[C@]31O2. The molecule has 2 aliphatic heterocycles. The van der Waals surface area contributed by atoms with E-state index in [4.69, 9.17) is 14.2 Å². The second-order valence-electron chi connectivity index (χ2n) is 3.65. The van der Waals surface area contributed by atoms with Gasteiger partial charge in [-0.2, -0.15) is 0 Å². The van der Waals surface area contributed by atoms with Gasteiger partial charge in [0.2, 0.25) is 0 Å². The first kappa shape index (κ1) is 6.40. The average molecular weight is 156 g/mol. The minimum Gasteiger partial charge on any atom is -0.328 e. The van der Waals surface area contributed by atoms with Crippen molar-refractivity contribution >= 4 is 0 Å². The summed E-state index contributed by atoms with van der Waals surface area (Å²) in [6, 6.07) is 0. The van der Waals surface area contributed by atoms with E-state index in [0.717, 1.165) is 13.0 Å². The number of epoxide rings is 1. The molecule has 3 heteroatoms. The van der Waals surface area contributed by atoms with E-state index in [2.05, 4.69) is 0 Å². The van der Waals surface area contributed by atoms with Crippen LogP contribution in [0.15, 0.2) is 0 Å². The highest BCUT2D eigenvalue weighted by Crippen LogP contribution is 2.65. The maximum atomic E-state index is 5.56. The highest BCUT2D eigenvalue weighted by molar-refractivity contribution is 5.15. The van der Waals surface area contributed by atoms with Crippen molar-refractivity contribution in [2.75, 3.05) is 13.7 Å². The Bertz CT molecular complexity index is 206. The van der Waals surface area contributed by atoms with Crippen LogP contribution in [0, 0.1) is 5.92 Å². The Morgan fingerprint density at radius 2 is 2.45 bits per heavy atom. The predicted octanol–water partition coefficient (Wildman–Crippen LogP) is 0.886. The Labute approximate surface area is 65.6 Å². The minimum atomic E-state index is -0.617. The second-order valence-corrected chi connectivity index (χ2v) is 3.65. The van der Waals surface area contributed by atoms with E-state index in [1.807, 2.05) is 0 Å². The third-order valence-corrected chi connectivity index (χ3v) is 3.30. The summed E-state index contributed by atoms with van der Waals surface area (Å²) in [7, 11) is 1.66. The van der Waals surface area contributed by atoms with E-state index < -0.39 is 5.97 Å².